The molecule has 1 N–H and O–H groups in total. The number of nitrogens with one attached hydrogen (secondary N) is 1. The third-order valence-corrected chi connectivity index (χ3v) is 4.06. The normalized spacial score (nSPS) is 12.2. The van der Waals surface area contributed by atoms with Gasteiger partial charge in [-0.2, -0.15) is 0 Å². The van der Waals surface area contributed by atoms with E-state index in [9.17, 15) is 14.0 Å². The molecule has 6 nitrogen and oxygen atoms in total. The van der Waals surface area contributed by atoms with E-state index in [1.807, 2.05) is 12.1 Å². The number of para-hydroxylation sites is 1. The maximum Gasteiger partial charge on any atom is 0.320 e. The van der Waals surface area contributed by atoms with Gasteiger partial charge in [-0.25, -0.2) is 4.39 Å². The van der Waals surface area contributed by atoms with Crippen molar-refractivity contribution in [2.45, 2.75) is 38.9 Å². The van der Waals surface area contributed by atoms with Gasteiger partial charge in [-0.05, 0) is 44.5 Å². The minimum Gasteiger partial charge on any atom is -0.496 e. The van der Waals surface area contributed by atoms with Crippen molar-refractivity contribution in [1.82, 2.24) is 5.32 Å². The van der Waals surface area contributed by atoms with Gasteiger partial charge in [0, 0.05) is 12.1 Å². The first-order valence-electron chi connectivity index (χ1n) is 9.67. The average molecular weight is 417 g/mol. The molecule has 0 bridgehead atoms. The first-order chi connectivity index (χ1) is 14.2. The molecule has 0 radical (unpaired) electrons. The van der Waals surface area contributed by atoms with Crippen molar-refractivity contribution >= 4 is 11.9 Å². The largest absolute Gasteiger partial charge is 0.496 e. The van der Waals surface area contributed by atoms with Crippen molar-refractivity contribution in [3.05, 3.63) is 65.5 Å². The van der Waals surface area contributed by atoms with E-state index in [0.717, 1.165) is 0 Å². The van der Waals surface area contributed by atoms with Gasteiger partial charge in [0.15, 0.2) is 0 Å². The van der Waals surface area contributed by atoms with Crippen molar-refractivity contribution in [3.8, 4) is 5.75 Å². The second kappa shape index (κ2) is 10.7. The van der Waals surface area contributed by atoms with Crippen LogP contribution in [0.25, 0.3) is 0 Å². The summed E-state index contributed by atoms with van der Waals surface area (Å²) in [4.78, 5) is 24.4. The fraction of sp³-hybridized carbons (Fsp3) is 0.391. The minimum atomic E-state index is -0.699. The number of carbonyl (C=O) groups is 2. The Labute approximate surface area is 176 Å². The zero-order valence-electron chi connectivity index (χ0n) is 17.7. The Kier molecular flexibility index (Phi) is 8.35. The van der Waals surface area contributed by atoms with Gasteiger partial charge in [0.1, 0.15) is 23.3 Å². The molecule has 0 amide bonds. The van der Waals surface area contributed by atoms with Crippen molar-refractivity contribution in [1.29, 1.82) is 0 Å². The second-order valence-corrected chi connectivity index (χ2v) is 7.74. The van der Waals surface area contributed by atoms with E-state index in [1.165, 1.54) is 19.2 Å². The van der Waals surface area contributed by atoms with Crippen LogP contribution in [0.15, 0.2) is 48.5 Å². The lowest BCUT2D eigenvalue weighted by Gasteiger charge is -2.21. The van der Waals surface area contributed by atoms with Gasteiger partial charge in [0.25, 0.3) is 0 Å². The Balaban J connectivity index is 2.03. The van der Waals surface area contributed by atoms with E-state index in [1.54, 1.807) is 45.0 Å². The first-order valence-corrected chi connectivity index (χ1v) is 9.67. The predicted molar refractivity (Wildman–Crippen MR) is 111 cm³/mol. The molecule has 0 aromatic heterocycles. The number of esters is 2. The topological polar surface area (TPSA) is 73.9 Å². The molecule has 1 atom stereocenters. The van der Waals surface area contributed by atoms with E-state index in [0.29, 0.717) is 16.9 Å². The predicted octanol–water partition coefficient (Wildman–Crippen LogP) is 3.59. The molecule has 2 rings (SSSR count). The van der Waals surface area contributed by atoms with Crippen LogP contribution in [-0.2, 0) is 25.5 Å². The number of benzene rings is 2. The lowest BCUT2D eigenvalue weighted by Crippen LogP contribution is -2.34. The summed E-state index contributed by atoms with van der Waals surface area (Å²) in [5.41, 5.74) is 0.724. The van der Waals surface area contributed by atoms with Gasteiger partial charge in [-0.3, -0.25) is 9.59 Å². The lowest BCUT2D eigenvalue weighted by atomic mass is 10.1. The van der Waals surface area contributed by atoms with Gasteiger partial charge in [-0.15, -0.1) is 0 Å². The molecule has 7 heteroatoms. The maximum atomic E-state index is 13.3. The SMILES string of the molecule is COc1ccccc1CC(=O)O[C@@H](CNCC(=O)OC(C)(C)C)c1ccc(F)cc1. The molecule has 162 valence electrons. The number of methoxy groups -OCH3 is 1. The van der Waals surface area contributed by atoms with Crippen molar-refractivity contribution < 1.29 is 28.2 Å². The standard InChI is InChI=1S/C23H28FNO5/c1-23(2,3)30-22(27)15-25-14-20(16-9-11-18(24)12-10-16)29-21(26)13-17-7-5-6-8-19(17)28-4/h5-12,20,25H,13-15H2,1-4H3/t20-/m0/s1. The molecule has 0 aliphatic heterocycles. The monoisotopic (exact) mass is 417 g/mol. The molecule has 0 heterocycles. The number of rotatable bonds is 9. The Morgan fingerprint density at radius 2 is 1.70 bits per heavy atom. The zero-order chi connectivity index (χ0) is 22.1. The number of ether oxygens (including phenoxy) is 3. The molecule has 2 aromatic carbocycles. The summed E-state index contributed by atoms with van der Waals surface area (Å²) in [5, 5.41) is 2.94. The average Bonchev–Trinajstić information content (AvgIpc) is 2.67. The number of hydrogen-bond acceptors (Lipinski definition) is 6. The second-order valence-electron chi connectivity index (χ2n) is 7.74. The smallest absolute Gasteiger partial charge is 0.320 e. The van der Waals surface area contributed by atoms with Crippen LogP contribution >= 0.6 is 0 Å². The molecule has 0 saturated heterocycles. The highest BCUT2D eigenvalue weighted by atomic mass is 19.1. The highest BCUT2D eigenvalue weighted by molar-refractivity contribution is 5.74. The fourth-order valence-corrected chi connectivity index (χ4v) is 2.79. The number of carbonyl (C=O) groups excluding carboxylic acids is 2. The number of hydrogen-bond donors (Lipinski definition) is 1. The molecular formula is C23H28FNO5. The maximum absolute atomic E-state index is 13.3. The van der Waals surface area contributed by atoms with Gasteiger partial charge in [0.2, 0.25) is 0 Å². The van der Waals surface area contributed by atoms with Crippen LogP contribution in [0.4, 0.5) is 4.39 Å². The van der Waals surface area contributed by atoms with Crippen molar-refractivity contribution in [2.75, 3.05) is 20.2 Å². The summed E-state index contributed by atoms with van der Waals surface area (Å²) >= 11 is 0. The third kappa shape index (κ3) is 7.83. The molecular weight excluding hydrogens is 389 g/mol. The molecule has 0 fully saturated rings. The highest BCUT2D eigenvalue weighted by Gasteiger charge is 2.20. The Bertz CT molecular complexity index is 845. The summed E-state index contributed by atoms with van der Waals surface area (Å²) in [6.45, 7) is 5.48. The van der Waals surface area contributed by atoms with Gasteiger partial charge >= 0.3 is 11.9 Å². The Hall–Kier alpha value is -2.93. The van der Waals surface area contributed by atoms with E-state index >= 15 is 0 Å². The summed E-state index contributed by atoms with van der Waals surface area (Å²) in [6.07, 6.45) is -0.677. The molecule has 0 aliphatic carbocycles. The van der Waals surface area contributed by atoms with E-state index in [4.69, 9.17) is 14.2 Å². The van der Waals surface area contributed by atoms with E-state index in [-0.39, 0.29) is 25.3 Å². The zero-order valence-corrected chi connectivity index (χ0v) is 17.7. The molecule has 0 spiro atoms. The number of halogens is 1. The van der Waals surface area contributed by atoms with Crippen LogP contribution in [0.5, 0.6) is 5.75 Å². The summed E-state index contributed by atoms with van der Waals surface area (Å²) in [6, 6.07) is 12.9. The fourth-order valence-electron chi connectivity index (χ4n) is 2.79. The molecule has 0 saturated carbocycles. The van der Waals surface area contributed by atoms with Crippen LogP contribution in [0, 0.1) is 5.82 Å². The quantitative estimate of drug-likeness (QED) is 0.629. The van der Waals surface area contributed by atoms with Crippen molar-refractivity contribution in [2.24, 2.45) is 0 Å². The first kappa shape index (κ1) is 23.3. The Morgan fingerprint density at radius 3 is 2.33 bits per heavy atom. The Morgan fingerprint density at radius 1 is 1.03 bits per heavy atom. The summed E-state index contributed by atoms with van der Waals surface area (Å²) < 4.78 is 29.5. The van der Waals surface area contributed by atoms with Crippen LogP contribution in [-0.4, -0.2) is 37.7 Å². The van der Waals surface area contributed by atoms with Crippen LogP contribution < -0.4 is 10.1 Å². The summed E-state index contributed by atoms with van der Waals surface area (Å²) in [5.74, 6) is -0.677. The van der Waals surface area contributed by atoms with Gasteiger partial charge in [0.05, 0.1) is 20.1 Å². The molecule has 0 aliphatic rings. The van der Waals surface area contributed by atoms with E-state index < -0.39 is 23.6 Å². The third-order valence-electron chi connectivity index (χ3n) is 4.06. The molecule has 0 unspecified atom stereocenters. The van der Waals surface area contributed by atoms with E-state index in [2.05, 4.69) is 5.32 Å². The van der Waals surface area contributed by atoms with Gasteiger partial charge in [-0.1, -0.05) is 30.3 Å². The summed E-state index contributed by atoms with van der Waals surface area (Å²) in [7, 11) is 1.53. The van der Waals surface area contributed by atoms with Crippen LogP contribution in [0.3, 0.4) is 0 Å². The minimum absolute atomic E-state index is 0.0216. The molecule has 2 aromatic rings. The van der Waals surface area contributed by atoms with Crippen LogP contribution in [0.1, 0.15) is 38.0 Å². The van der Waals surface area contributed by atoms with Gasteiger partial charge < -0.3 is 19.5 Å². The van der Waals surface area contributed by atoms with Crippen LogP contribution in [0.2, 0.25) is 0 Å². The highest BCUT2D eigenvalue weighted by Crippen LogP contribution is 2.22. The lowest BCUT2D eigenvalue weighted by molar-refractivity contribution is -0.153. The molecule has 30 heavy (non-hydrogen) atoms. The van der Waals surface area contributed by atoms with Crippen molar-refractivity contribution in [3.63, 3.8) is 0 Å².